The van der Waals surface area contributed by atoms with E-state index in [4.69, 9.17) is 47.7 Å². The first kappa shape index (κ1) is 70.6. The molecule has 16 nitrogen and oxygen atoms in total. The predicted molar refractivity (Wildman–Crippen MR) is 497 cm³/mol. The molecule has 0 radical (unpaired) electrons. The highest BCUT2D eigenvalue weighted by Gasteiger charge is 2.48. The number of benzene rings is 15. The van der Waals surface area contributed by atoms with E-state index in [0.29, 0.717) is 22.9 Å². The van der Waals surface area contributed by atoms with Crippen molar-refractivity contribution in [3.8, 4) is 80.3 Å². The second kappa shape index (κ2) is 28.2. The standard InChI is InChI=1S/C66H42N6O2.C44H26N4O4/c1-3-19-43(20-4-1)71-53-25-9-7-23-51(53)67-65(71)49-37-41-35-46(70-57-29-13-17-33-61(57)74-62-34-18-14-30-58(62)70)40-48-50(66-68-52-24-8-10-26-54(52)72(66)44-21-5-2-6-22-44)38-42-36-45(39-47(49)63(42)64(41)48)69-55-27-11-15-31-59(55)73-60-32-16-12-28-56(60)69;1-7-19-37-29(13-1)45-43(51-37)27-25-36(48-33-17-5-11-23-41(33)50-42-24-12-6-18-34(42)48)28(44-46-30-14-2-8-20-38(30)52-44)26-35(27)47-31-15-3-9-21-39(31)49-40-22-10-4-16-32(40)47/h1-40,63-64H;1-26H. The van der Waals surface area contributed by atoms with E-state index in [1.165, 1.54) is 22.3 Å². The zero-order chi connectivity index (χ0) is 82.6. The number of para-hydroxylation sites is 26. The van der Waals surface area contributed by atoms with E-state index in [-0.39, 0.29) is 11.8 Å². The number of fused-ring (bicyclic) bond motifs is 12. The van der Waals surface area contributed by atoms with Gasteiger partial charge in [-0.05, 0) is 241 Å². The summed E-state index contributed by atoms with van der Waals surface area (Å²) < 4.78 is 44.0. The monoisotopic (exact) mass is 1620 g/mol. The molecule has 2 atom stereocenters. The van der Waals surface area contributed by atoms with Gasteiger partial charge in [0.1, 0.15) is 22.7 Å². The third-order valence-corrected chi connectivity index (χ3v) is 24.7. The third kappa shape index (κ3) is 11.2. The molecule has 27 rings (SSSR count). The van der Waals surface area contributed by atoms with E-state index >= 15 is 0 Å². The number of nitrogens with zero attached hydrogens (tertiary/aromatic N) is 10. The summed E-state index contributed by atoms with van der Waals surface area (Å²) >= 11 is 0. The Hall–Kier alpha value is -17.2. The Labute approximate surface area is 722 Å². The minimum Gasteiger partial charge on any atom is -0.453 e. The van der Waals surface area contributed by atoms with Crippen LogP contribution in [0.4, 0.5) is 56.9 Å². The number of rotatable bonds is 10. The summed E-state index contributed by atoms with van der Waals surface area (Å²) in [6.45, 7) is 0. The maximum Gasteiger partial charge on any atom is 0.229 e. The fourth-order valence-electron chi connectivity index (χ4n) is 19.4. The maximum atomic E-state index is 6.62. The Kier molecular flexibility index (Phi) is 15.8. The fourth-order valence-corrected chi connectivity index (χ4v) is 19.4. The van der Waals surface area contributed by atoms with Crippen LogP contribution in [0.25, 0.3) is 89.7 Å². The molecule has 0 spiro atoms. The minimum absolute atomic E-state index is 0.0871. The summed E-state index contributed by atoms with van der Waals surface area (Å²) in [4.78, 5) is 30.5. The minimum atomic E-state index is -0.0871. The topological polar surface area (TPSA) is 138 Å². The first-order chi connectivity index (χ1) is 62.5. The van der Waals surface area contributed by atoms with Crippen LogP contribution in [0.5, 0.6) is 46.0 Å². The SMILES string of the molecule is C1=C(c2nc3ccccc3n2-c2ccccc2)C2=CC(N3c4ccccc4Oc4ccccc43)=CC3=CC(c4nc5ccccc5n4-c4ccccc4)=C4C=C(N5c6ccccc6Oc6ccccc65)C=C1C4C32.c1ccc2c(c1)Oc1ccccc1N2c1cc(-c2nc3ccccc3o2)c(N2c3ccccc3Oc3ccccc32)cc1-c1nc2ccccc2o1. The van der Waals surface area contributed by atoms with E-state index in [1.54, 1.807) is 0 Å². The Morgan fingerprint density at radius 3 is 0.992 bits per heavy atom. The van der Waals surface area contributed by atoms with E-state index in [0.717, 1.165) is 193 Å². The normalized spacial score (nSPS) is 15.7. The first-order valence-electron chi connectivity index (χ1n) is 42.1. The van der Waals surface area contributed by atoms with Gasteiger partial charge in [0.05, 0.1) is 90.1 Å². The molecular weight excluding hydrogens is 1560 g/mol. The van der Waals surface area contributed by atoms with Gasteiger partial charge in [-0.1, -0.05) is 182 Å². The van der Waals surface area contributed by atoms with Crippen molar-refractivity contribution in [2.75, 3.05) is 19.6 Å². The maximum absolute atomic E-state index is 6.62. The molecule has 0 fully saturated rings. The van der Waals surface area contributed by atoms with Crippen molar-refractivity contribution >= 4 is 112 Å². The summed E-state index contributed by atoms with van der Waals surface area (Å²) in [7, 11) is 0. The van der Waals surface area contributed by atoms with Gasteiger partial charge in [0.25, 0.3) is 0 Å². The fraction of sp³-hybridized carbons (Fsp3) is 0.0182. The lowest BCUT2D eigenvalue weighted by atomic mass is 9.60. The summed E-state index contributed by atoms with van der Waals surface area (Å²) in [5.41, 5.74) is 28.4. The summed E-state index contributed by atoms with van der Waals surface area (Å²) in [5.74, 6) is 8.66. The Morgan fingerprint density at radius 1 is 0.246 bits per heavy atom. The van der Waals surface area contributed by atoms with Gasteiger partial charge in [-0.3, -0.25) is 9.13 Å². The van der Waals surface area contributed by atoms with Gasteiger partial charge in [-0.25, -0.2) is 19.9 Å². The van der Waals surface area contributed by atoms with Crippen LogP contribution in [0.15, 0.2) is 443 Å². The number of hydrogen-bond acceptors (Lipinski definition) is 14. The van der Waals surface area contributed by atoms with Crippen molar-refractivity contribution in [1.82, 2.24) is 29.1 Å². The van der Waals surface area contributed by atoms with Crippen molar-refractivity contribution in [3.05, 3.63) is 446 Å². The van der Waals surface area contributed by atoms with Gasteiger partial charge in [-0.15, -0.1) is 0 Å². The summed E-state index contributed by atoms with van der Waals surface area (Å²) in [6.07, 6.45) is 14.5. The zero-order valence-electron chi connectivity index (χ0n) is 67.2. The molecule has 4 aromatic heterocycles. The Morgan fingerprint density at radius 2 is 0.579 bits per heavy atom. The van der Waals surface area contributed by atoms with Gasteiger partial charge in [0.2, 0.25) is 11.8 Å². The van der Waals surface area contributed by atoms with Gasteiger partial charge >= 0.3 is 0 Å². The number of aromatic nitrogens is 6. The molecule has 19 aromatic rings. The van der Waals surface area contributed by atoms with Crippen molar-refractivity contribution in [2.24, 2.45) is 11.8 Å². The smallest absolute Gasteiger partial charge is 0.229 e. The lowest BCUT2D eigenvalue weighted by Gasteiger charge is -2.46. The van der Waals surface area contributed by atoms with Gasteiger partial charge in [0, 0.05) is 45.8 Å². The number of allylic oxidation sites excluding steroid dienone is 12. The highest BCUT2D eigenvalue weighted by molar-refractivity contribution is 6.03. The molecule has 8 aliphatic rings. The molecule has 8 heterocycles. The molecule has 4 aliphatic heterocycles. The van der Waals surface area contributed by atoms with Crippen LogP contribution in [0, 0.1) is 11.8 Å². The number of anilines is 10. The molecule has 15 aromatic carbocycles. The molecule has 2 unspecified atom stereocenters. The zero-order valence-corrected chi connectivity index (χ0v) is 67.2. The highest BCUT2D eigenvalue weighted by atomic mass is 16.5. The summed E-state index contributed by atoms with van der Waals surface area (Å²) in [6, 6.07) is 124. The van der Waals surface area contributed by atoms with E-state index in [2.05, 4.69) is 284 Å². The quantitative estimate of drug-likeness (QED) is 0.128. The lowest BCUT2D eigenvalue weighted by Crippen LogP contribution is -2.35. The highest BCUT2D eigenvalue weighted by Crippen LogP contribution is 2.63. The molecule has 0 saturated heterocycles. The number of hydrogen-bond donors (Lipinski definition) is 0. The van der Waals surface area contributed by atoms with Gasteiger partial charge in [-0.2, -0.15) is 0 Å². The van der Waals surface area contributed by atoms with E-state index in [1.807, 2.05) is 146 Å². The van der Waals surface area contributed by atoms with Crippen molar-refractivity contribution < 1.29 is 27.8 Å². The van der Waals surface area contributed by atoms with Crippen molar-refractivity contribution in [2.45, 2.75) is 0 Å². The summed E-state index contributed by atoms with van der Waals surface area (Å²) in [5, 5.41) is 0. The number of ether oxygens (including phenoxy) is 4. The second-order valence-corrected chi connectivity index (χ2v) is 32.0. The van der Waals surface area contributed by atoms with E-state index in [9.17, 15) is 0 Å². The van der Waals surface area contributed by atoms with Gasteiger partial charge in [0.15, 0.2) is 57.2 Å². The largest absolute Gasteiger partial charge is 0.453 e. The van der Waals surface area contributed by atoms with Crippen LogP contribution in [0.3, 0.4) is 0 Å². The molecule has 0 bridgehead atoms. The van der Waals surface area contributed by atoms with Crippen LogP contribution in [0.2, 0.25) is 0 Å². The molecule has 594 valence electrons. The van der Waals surface area contributed by atoms with Gasteiger partial charge < -0.3 is 47.4 Å². The van der Waals surface area contributed by atoms with Crippen LogP contribution in [-0.4, -0.2) is 29.1 Å². The molecule has 0 amide bonds. The van der Waals surface area contributed by atoms with Crippen LogP contribution < -0.4 is 38.5 Å². The molecule has 126 heavy (non-hydrogen) atoms. The Balaban J connectivity index is 0.000000143. The lowest BCUT2D eigenvalue weighted by molar-refractivity contribution is 0.475. The van der Waals surface area contributed by atoms with E-state index < -0.39 is 0 Å². The predicted octanol–water partition coefficient (Wildman–Crippen LogP) is 28.4. The molecule has 4 aliphatic carbocycles. The average molecular weight is 1630 g/mol. The second-order valence-electron chi connectivity index (χ2n) is 32.0. The van der Waals surface area contributed by atoms with Crippen LogP contribution in [0.1, 0.15) is 11.6 Å². The Bertz CT molecular complexity index is 7610. The first-order valence-corrected chi connectivity index (χ1v) is 42.1. The number of oxazole rings is 2. The van der Waals surface area contributed by atoms with Crippen molar-refractivity contribution in [3.63, 3.8) is 0 Å². The molecular formula is C110H68N10O6. The molecule has 0 N–H and O–H groups in total. The third-order valence-electron chi connectivity index (χ3n) is 24.7. The van der Waals surface area contributed by atoms with Crippen LogP contribution >= 0.6 is 0 Å². The molecule has 0 saturated carbocycles. The molecule has 16 heteroatoms. The number of imidazole rings is 2. The average Bonchev–Trinajstić information content (AvgIpc) is 1.31. The van der Waals surface area contributed by atoms with Crippen molar-refractivity contribution in [1.29, 1.82) is 0 Å². The van der Waals surface area contributed by atoms with Crippen LogP contribution in [-0.2, 0) is 0 Å².